The summed E-state index contributed by atoms with van der Waals surface area (Å²) >= 11 is 6.44. The number of amides is 2. The molecule has 0 radical (unpaired) electrons. The lowest BCUT2D eigenvalue weighted by molar-refractivity contribution is -0.121. The number of hydrogen-bond donors (Lipinski definition) is 0. The number of para-hydroxylation sites is 1. The van der Waals surface area contributed by atoms with E-state index in [1.54, 1.807) is 7.05 Å². The number of thiocarbonyl (C=S) groups is 1. The highest BCUT2D eigenvalue weighted by molar-refractivity contribution is 8.26. The molecule has 0 aliphatic carbocycles. The molecule has 2 heterocycles. The van der Waals surface area contributed by atoms with E-state index < -0.39 is 0 Å². The van der Waals surface area contributed by atoms with Gasteiger partial charge < -0.3 is 4.90 Å². The third-order valence-corrected chi connectivity index (χ3v) is 6.28. The minimum absolute atomic E-state index is 0.00795. The molecule has 0 unspecified atom stereocenters. The van der Waals surface area contributed by atoms with Crippen molar-refractivity contribution in [3.8, 4) is 0 Å². The Morgan fingerprint density at radius 2 is 1.89 bits per heavy atom. The smallest absolute Gasteiger partial charge is 0.265 e. The molecular formula is C21H18N2O2S2. The van der Waals surface area contributed by atoms with Gasteiger partial charge in [0.25, 0.3) is 11.8 Å². The molecule has 27 heavy (non-hydrogen) atoms. The van der Waals surface area contributed by atoms with Gasteiger partial charge in [0.05, 0.1) is 4.91 Å². The predicted octanol–water partition coefficient (Wildman–Crippen LogP) is 4.11. The second kappa shape index (κ2) is 7.29. The van der Waals surface area contributed by atoms with E-state index in [1.807, 2.05) is 53.4 Å². The Hall–Kier alpha value is -2.44. The number of fused-ring (bicyclic) bond motifs is 1. The van der Waals surface area contributed by atoms with Crippen LogP contribution in [0.4, 0.5) is 5.69 Å². The van der Waals surface area contributed by atoms with Gasteiger partial charge in [0.1, 0.15) is 4.32 Å². The number of benzene rings is 2. The maximum Gasteiger partial charge on any atom is 0.265 e. The van der Waals surface area contributed by atoms with E-state index in [2.05, 4.69) is 6.07 Å². The minimum atomic E-state index is -0.0879. The SMILES string of the molecule is CN1C(=O)/C(=C/c2ccc(C(=O)N3CCCc4ccccc43)cc2)SC1=S. The molecule has 1 fully saturated rings. The third kappa shape index (κ3) is 3.42. The van der Waals surface area contributed by atoms with Crippen molar-refractivity contribution in [1.29, 1.82) is 0 Å². The largest absolute Gasteiger partial charge is 0.308 e. The van der Waals surface area contributed by atoms with Gasteiger partial charge in [0.15, 0.2) is 0 Å². The molecule has 6 heteroatoms. The highest BCUT2D eigenvalue weighted by atomic mass is 32.2. The fraction of sp³-hybridized carbons (Fsp3) is 0.190. The number of nitrogens with zero attached hydrogens (tertiary/aromatic N) is 2. The normalized spacial score (nSPS) is 18.2. The van der Waals surface area contributed by atoms with Crippen LogP contribution in [0.3, 0.4) is 0 Å². The van der Waals surface area contributed by atoms with E-state index in [1.165, 1.54) is 22.2 Å². The van der Waals surface area contributed by atoms with Gasteiger partial charge in [-0.15, -0.1) is 0 Å². The van der Waals surface area contributed by atoms with Crippen molar-refractivity contribution in [1.82, 2.24) is 4.90 Å². The van der Waals surface area contributed by atoms with Crippen molar-refractivity contribution in [3.63, 3.8) is 0 Å². The van der Waals surface area contributed by atoms with Crippen molar-refractivity contribution in [3.05, 3.63) is 70.1 Å². The molecule has 4 rings (SSSR count). The van der Waals surface area contributed by atoms with E-state index in [0.717, 1.165) is 30.6 Å². The number of rotatable bonds is 2. The van der Waals surface area contributed by atoms with Crippen molar-refractivity contribution in [2.45, 2.75) is 12.8 Å². The molecule has 2 amide bonds. The van der Waals surface area contributed by atoms with Crippen molar-refractivity contribution in [2.24, 2.45) is 0 Å². The van der Waals surface area contributed by atoms with Gasteiger partial charge in [0.2, 0.25) is 0 Å². The molecule has 136 valence electrons. The molecule has 0 N–H and O–H groups in total. The van der Waals surface area contributed by atoms with Crippen LogP contribution in [0.25, 0.3) is 6.08 Å². The molecule has 2 aromatic carbocycles. The first-order valence-corrected chi connectivity index (χ1v) is 9.98. The average molecular weight is 395 g/mol. The lowest BCUT2D eigenvalue weighted by Gasteiger charge is -2.29. The van der Waals surface area contributed by atoms with Crippen LogP contribution in [0.15, 0.2) is 53.4 Å². The Morgan fingerprint density at radius 1 is 1.15 bits per heavy atom. The highest BCUT2D eigenvalue weighted by Gasteiger charge is 2.28. The van der Waals surface area contributed by atoms with E-state index >= 15 is 0 Å². The summed E-state index contributed by atoms with van der Waals surface area (Å²) < 4.78 is 0.557. The molecular weight excluding hydrogens is 376 g/mol. The predicted molar refractivity (Wildman–Crippen MR) is 114 cm³/mol. The Balaban J connectivity index is 1.56. The second-order valence-corrected chi connectivity index (χ2v) is 8.23. The zero-order chi connectivity index (χ0) is 19.0. The molecule has 1 saturated heterocycles. The molecule has 2 aliphatic rings. The molecule has 0 saturated carbocycles. The van der Waals surface area contributed by atoms with Crippen molar-refractivity contribution < 1.29 is 9.59 Å². The summed E-state index contributed by atoms with van der Waals surface area (Å²) in [6.45, 7) is 0.733. The minimum Gasteiger partial charge on any atom is -0.308 e. The summed E-state index contributed by atoms with van der Waals surface area (Å²) in [5.74, 6) is -0.0799. The lowest BCUT2D eigenvalue weighted by Crippen LogP contribution is -2.35. The van der Waals surface area contributed by atoms with Gasteiger partial charge >= 0.3 is 0 Å². The van der Waals surface area contributed by atoms with Crippen molar-refractivity contribution >= 4 is 51.9 Å². The number of carbonyl (C=O) groups excluding carboxylic acids is 2. The van der Waals surface area contributed by atoms with Crippen LogP contribution in [-0.2, 0) is 11.2 Å². The maximum atomic E-state index is 13.0. The maximum absolute atomic E-state index is 13.0. The summed E-state index contributed by atoms with van der Waals surface area (Å²) in [4.78, 5) is 29.0. The molecule has 2 aliphatic heterocycles. The van der Waals surface area contributed by atoms with Gasteiger partial charge in [-0.05, 0) is 48.2 Å². The Kier molecular flexibility index (Phi) is 4.85. The summed E-state index contributed by atoms with van der Waals surface area (Å²) in [6, 6.07) is 15.4. The van der Waals surface area contributed by atoms with Crippen LogP contribution in [0.5, 0.6) is 0 Å². The Morgan fingerprint density at radius 3 is 2.59 bits per heavy atom. The van der Waals surface area contributed by atoms with E-state index in [4.69, 9.17) is 12.2 Å². The number of thioether (sulfide) groups is 1. The highest BCUT2D eigenvalue weighted by Crippen LogP contribution is 2.32. The zero-order valence-electron chi connectivity index (χ0n) is 14.8. The van der Waals surface area contributed by atoms with Crippen LogP contribution < -0.4 is 4.90 Å². The molecule has 0 bridgehead atoms. The number of carbonyl (C=O) groups is 2. The van der Waals surface area contributed by atoms with Crippen LogP contribution in [0.1, 0.15) is 27.9 Å². The summed E-state index contributed by atoms with van der Waals surface area (Å²) in [5, 5.41) is 0. The van der Waals surface area contributed by atoms with E-state index in [9.17, 15) is 9.59 Å². The van der Waals surface area contributed by atoms with E-state index in [-0.39, 0.29) is 11.8 Å². The standard InChI is InChI=1S/C21H18N2O2S2/c1-22-20(25)18(27-21(22)26)13-14-8-10-16(11-9-14)19(24)23-12-4-6-15-5-2-3-7-17(15)23/h2-3,5,7-11,13H,4,6,12H2,1H3/b18-13-. The molecule has 0 aromatic heterocycles. The van der Waals surface area contributed by atoms with Gasteiger partial charge in [0, 0.05) is 24.8 Å². The van der Waals surface area contributed by atoms with Gasteiger partial charge in [-0.3, -0.25) is 14.5 Å². The summed E-state index contributed by atoms with van der Waals surface area (Å²) in [7, 11) is 1.68. The monoisotopic (exact) mass is 394 g/mol. The van der Waals surface area contributed by atoms with Gasteiger partial charge in [-0.25, -0.2) is 0 Å². The first kappa shape index (κ1) is 17.9. The van der Waals surface area contributed by atoms with Crippen molar-refractivity contribution in [2.75, 3.05) is 18.5 Å². The molecule has 2 aromatic rings. The first-order valence-electron chi connectivity index (χ1n) is 8.76. The van der Waals surface area contributed by atoms with Crippen LogP contribution >= 0.6 is 24.0 Å². The van der Waals surface area contributed by atoms with Gasteiger partial charge in [-0.1, -0.05) is 54.3 Å². The average Bonchev–Trinajstić information content (AvgIpc) is 2.94. The topological polar surface area (TPSA) is 40.6 Å². The number of anilines is 1. The molecule has 0 spiro atoms. The third-order valence-electron chi connectivity index (χ3n) is 4.80. The van der Waals surface area contributed by atoms with Crippen LogP contribution in [0, 0.1) is 0 Å². The van der Waals surface area contributed by atoms with Crippen LogP contribution in [0.2, 0.25) is 0 Å². The Labute approximate surface area is 167 Å². The second-order valence-electron chi connectivity index (χ2n) is 6.55. The fourth-order valence-corrected chi connectivity index (χ4v) is 4.50. The summed E-state index contributed by atoms with van der Waals surface area (Å²) in [5.41, 5.74) is 3.74. The van der Waals surface area contributed by atoms with E-state index in [0.29, 0.717) is 14.8 Å². The first-order chi connectivity index (χ1) is 13.0. The van der Waals surface area contributed by atoms with Crippen LogP contribution in [-0.4, -0.2) is 34.6 Å². The lowest BCUT2D eigenvalue weighted by atomic mass is 10.0. The number of aryl methyl sites for hydroxylation is 1. The molecule has 4 nitrogen and oxygen atoms in total. The quantitative estimate of drug-likeness (QED) is 0.568. The number of likely N-dealkylation sites (N-methyl/N-ethyl adjacent to an activating group) is 1. The summed E-state index contributed by atoms with van der Waals surface area (Å²) in [6.07, 6.45) is 3.79. The Bertz CT molecular complexity index is 966. The zero-order valence-corrected chi connectivity index (χ0v) is 16.5. The fourth-order valence-electron chi connectivity index (χ4n) is 3.32. The van der Waals surface area contributed by atoms with Gasteiger partial charge in [-0.2, -0.15) is 0 Å². The molecule has 0 atom stereocenters. The number of hydrogen-bond acceptors (Lipinski definition) is 4.